The predicted molar refractivity (Wildman–Crippen MR) is 93.7 cm³/mol. The molecule has 1 aliphatic rings. The molecular weight excluding hydrogens is 340 g/mol. The fourth-order valence-electron chi connectivity index (χ4n) is 2.75. The minimum absolute atomic E-state index is 0.198. The van der Waals surface area contributed by atoms with Gasteiger partial charge in [0.25, 0.3) is 5.91 Å². The summed E-state index contributed by atoms with van der Waals surface area (Å²) in [6.07, 6.45) is 8.22. The SMILES string of the molecule is O=C(Nc1ccc(S(=O)(=O)N2CCCCCC2)cc1)c1cnccn1. The van der Waals surface area contributed by atoms with Gasteiger partial charge in [-0.2, -0.15) is 4.31 Å². The fraction of sp³-hybridized carbons (Fsp3) is 0.353. The van der Waals surface area contributed by atoms with E-state index in [9.17, 15) is 13.2 Å². The van der Waals surface area contributed by atoms with E-state index in [1.807, 2.05) is 0 Å². The van der Waals surface area contributed by atoms with Gasteiger partial charge in [-0.15, -0.1) is 0 Å². The highest BCUT2D eigenvalue weighted by Gasteiger charge is 2.25. The Balaban J connectivity index is 1.72. The molecule has 1 amide bonds. The van der Waals surface area contributed by atoms with Crippen LogP contribution in [-0.4, -0.2) is 41.7 Å². The summed E-state index contributed by atoms with van der Waals surface area (Å²) >= 11 is 0. The van der Waals surface area contributed by atoms with Gasteiger partial charge in [0.05, 0.1) is 11.1 Å². The molecule has 0 saturated carbocycles. The van der Waals surface area contributed by atoms with Crippen LogP contribution in [-0.2, 0) is 10.0 Å². The number of hydrogen-bond donors (Lipinski definition) is 1. The Morgan fingerprint density at radius 2 is 1.68 bits per heavy atom. The second-order valence-electron chi connectivity index (χ2n) is 5.89. The topological polar surface area (TPSA) is 92.3 Å². The molecule has 1 aliphatic heterocycles. The van der Waals surface area contributed by atoms with E-state index < -0.39 is 15.9 Å². The molecule has 0 unspecified atom stereocenters. The lowest BCUT2D eigenvalue weighted by atomic mass is 10.2. The number of aromatic nitrogens is 2. The minimum Gasteiger partial charge on any atom is -0.321 e. The summed E-state index contributed by atoms with van der Waals surface area (Å²) in [5, 5.41) is 2.68. The predicted octanol–water partition coefficient (Wildman–Crippen LogP) is 2.29. The molecule has 0 spiro atoms. The lowest BCUT2D eigenvalue weighted by Gasteiger charge is -2.20. The molecule has 0 aliphatic carbocycles. The van der Waals surface area contributed by atoms with Crippen molar-refractivity contribution in [2.24, 2.45) is 0 Å². The van der Waals surface area contributed by atoms with Gasteiger partial charge in [0.15, 0.2) is 0 Å². The van der Waals surface area contributed by atoms with Crippen molar-refractivity contribution in [1.29, 1.82) is 0 Å². The zero-order valence-electron chi connectivity index (χ0n) is 13.8. The number of nitrogens with zero attached hydrogens (tertiary/aromatic N) is 3. The van der Waals surface area contributed by atoms with Gasteiger partial charge in [-0.25, -0.2) is 13.4 Å². The lowest BCUT2D eigenvalue weighted by Crippen LogP contribution is -2.31. The summed E-state index contributed by atoms with van der Waals surface area (Å²) in [6.45, 7) is 1.13. The Morgan fingerprint density at radius 3 is 2.28 bits per heavy atom. The molecule has 1 aromatic carbocycles. The van der Waals surface area contributed by atoms with Crippen molar-refractivity contribution in [3.63, 3.8) is 0 Å². The summed E-state index contributed by atoms with van der Waals surface area (Å²) in [6, 6.07) is 6.21. The zero-order valence-corrected chi connectivity index (χ0v) is 14.6. The number of sulfonamides is 1. The van der Waals surface area contributed by atoms with Crippen molar-refractivity contribution >= 4 is 21.6 Å². The van der Waals surface area contributed by atoms with Gasteiger partial charge in [-0.1, -0.05) is 12.8 Å². The number of carbonyl (C=O) groups is 1. The summed E-state index contributed by atoms with van der Waals surface area (Å²) in [5.41, 5.74) is 0.703. The van der Waals surface area contributed by atoms with E-state index in [0.717, 1.165) is 25.7 Å². The summed E-state index contributed by atoms with van der Waals surface area (Å²) < 4.78 is 27.0. The van der Waals surface area contributed by atoms with Gasteiger partial charge in [0, 0.05) is 31.2 Å². The average molecular weight is 360 g/mol. The van der Waals surface area contributed by atoms with Gasteiger partial charge < -0.3 is 5.32 Å². The molecule has 1 N–H and O–H groups in total. The average Bonchev–Trinajstić information content (AvgIpc) is 2.93. The third kappa shape index (κ3) is 4.21. The smallest absolute Gasteiger partial charge is 0.275 e. The van der Waals surface area contributed by atoms with Crippen LogP contribution in [0.15, 0.2) is 47.8 Å². The van der Waals surface area contributed by atoms with Crippen molar-refractivity contribution in [3.8, 4) is 0 Å². The second kappa shape index (κ2) is 7.71. The van der Waals surface area contributed by atoms with Crippen molar-refractivity contribution in [1.82, 2.24) is 14.3 Å². The Morgan fingerprint density at radius 1 is 1.00 bits per heavy atom. The first kappa shape index (κ1) is 17.5. The second-order valence-corrected chi connectivity index (χ2v) is 7.83. The Labute approximate surface area is 147 Å². The highest BCUT2D eigenvalue weighted by Crippen LogP contribution is 2.21. The standard InChI is InChI=1S/C17H20N4O3S/c22-17(16-13-18-9-10-19-16)20-14-5-7-15(8-6-14)25(23,24)21-11-3-1-2-4-12-21/h5-10,13H,1-4,11-12H2,(H,20,22). The van der Waals surface area contributed by atoms with Crippen LogP contribution < -0.4 is 5.32 Å². The molecule has 1 fully saturated rings. The van der Waals surface area contributed by atoms with Crippen molar-refractivity contribution < 1.29 is 13.2 Å². The highest BCUT2D eigenvalue weighted by molar-refractivity contribution is 7.89. The maximum absolute atomic E-state index is 12.7. The number of hydrogen-bond acceptors (Lipinski definition) is 5. The molecule has 3 rings (SSSR count). The quantitative estimate of drug-likeness (QED) is 0.903. The van der Waals surface area contributed by atoms with Gasteiger partial charge in [-0.05, 0) is 37.1 Å². The van der Waals surface area contributed by atoms with Crippen molar-refractivity contribution in [2.75, 3.05) is 18.4 Å². The summed E-state index contributed by atoms with van der Waals surface area (Å²) in [4.78, 5) is 20.1. The molecule has 2 aromatic rings. The van der Waals surface area contributed by atoms with Crippen LogP contribution in [0, 0.1) is 0 Å². The van der Waals surface area contributed by atoms with E-state index in [4.69, 9.17) is 0 Å². The number of carbonyl (C=O) groups excluding carboxylic acids is 1. The van der Waals surface area contributed by atoms with Crippen molar-refractivity contribution in [3.05, 3.63) is 48.5 Å². The van der Waals surface area contributed by atoms with Crippen LogP contribution in [0.3, 0.4) is 0 Å². The maximum atomic E-state index is 12.7. The molecule has 0 bridgehead atoms. The van der Waals surface area contributed by atoms with Crippen LogP contribution >= 0.6 is 0 Å². The first-order chi connectivity index (χ1) is 12.1. The molecule has 0 radical (unpaired) electrons. The maximum Gasteiger partial charge on any atom is 0.275 e. The van der Waals surface area contributed by atoms with E-state index in [0.29, 0.717) is 18.8 Å². The third-order valence-corrected chi connectivity index (χ3v) is 6.02. The Kier molecular flexibility index (Phi) is 5.40. The summed E-state index contributed by atoms with van der Waals surface area (Å²) in [5.74, 6) is -0.392. The number of nitrogens with one attached hydrogen (secondary N) is 1. The first-order valence-corrected chi connectivity index (χ1v) is 9.69. The van der Waals surface area contributed by atoms with Crippen LogP contribution in [0.2, 0.25) is 0 Å². The molecule has 1 saturated heterocycles. The van der Waals surface area contributed by atoms with Crippen LogP contribution in [0.4, 0.5) is 5.69 Å². The Bertz CT molecular complexity index is 815. The molecule has 25 heavy (non-hydrogen) atoms. The van der Waals surface area contributed by atoms with E-state index >= 15 is 0 Å². The largest absolute Gasteiger partial charge is 0.321 e. The van der Waals surface area contributed by atoms with Crippen LogP contribution in [0.25, 0.3) is 0 Å². The third-order valence-electron chi connectivity index (χ3n) is 4.11. The van der Waals surface area contributed by atoms with Crippen LogP contribution in [0.5, 0.6) is 0 Å². The fourth-order valence-corrected chi connectivity index (χ4v) is 4.27. The van der Waals surface area contributed by atoms with E-state index in [2.05, 4.69) is 15.3 Å². The monoisotopic (exact) mass is 360 g/mol. The van der Waals surface area contributed by atoms with Gasteiger partial charge >= 0.3 is 0 Å². The van der Waals surface area contributed by atoms with E-state index in [1.54, 1.807) is 16.4 Å². The van der Waals surface area contributed by atoms with Crippen LogP contribution in [0.1, 0.15) is 36.2 Å². The molecule has 1 aromatic heterocycles. The molecule has 7 nitrogen and oxygen atoms in total. The van der Waals surface area contributed by atoms with Gasteiger partial charge in [-0.3, -0.25) is 9.78 Å². The molecule has 132 valence electrons. The molecule has 2 heterocycles. The number of amides is 1. The van der Waals surface area contributed by atoms with Gasteiger partial charge in [0.2, 0.25) is 10.0 Å². The minimum atomic E-state index is -3.48. The zero-order chi connectivity index (χ0) is 17.7. The normalized spacial score (nSPS) is 16.2. The molecular formula is C17H20N4O3S. The lowest BCUT2D eigenvalue weighted by molar-refractivity contribution is 0.102. The number of rotatable bonds is 4. The highest BCUT2D eigenvalue weighted by atomic mass is 32.2. The van der Waals surface area contributed by atoms with E-state index in [-0.39, 0.29) is 10.6 Å². The molecule has 8 heteroatoms. The Hall–Kier alpha value is -2.32. The number of anilines is 1. The van der Waals surface area contributed by atoms with Crippen molar-refractivity contribution in [2.45, 2.75) is 30.6 Å². The summed E-state index contributed by atoms with van der Waals surface area (Å²) in [7, 11) is -3.48. The number of benzene rings is 1. The van der Waals surface area contributed by atoms with Gasteiger partial charge in [0.1, 0.15) is 5.69 Å². The molecule has 0 atom stereocenters. The van der Waals surface area contributed by atoms with E-state index in [1.165, 1.54) is 30.7 Å². The first-order valence-electron chi connectivity index (χ1n) is 8.25.